The van der Waals surface area contributed by atoms with Gasteiger partial charge in [0.1, 0.15) is 5.69 Å². The van der Waals surface area contributed by atoms with E-state index in [2.05, 4.69) is 62.4 Å². The van der Waals surface area contributed by atoms with Crippen molar-refractivity contribution in [2.75, 3.05) is 18.5 Å². The molecule has 0 fully saturated rings. The lowest BCUT2D eigenvalue weighted by Crippen LogP contribution is -2.20. The smallest absolute Gasteiger partial charge is 0.159 e. The van der Waals surface area contributed by atoms with Gasteiger partial charge in [0.05, 0.1) is 16.6 Å². The lowest BCUT2D eigenvalue weighted by atomic mass is 10.2. The van der Waals surface area contributed by atoms with Gasteiger partial charge in [0.25, 0.3) is 0 Å². The number of rotatable bonds is 5. The van der Waals surface area contributed by atoms with E-state index in [0.29, 0.717) is 0 Å². The Morgan fingerprint density at radius 2 is 1.86 bits per heavy atom. The summed E-state index contributed by atoms with van der Waals surface area (Å²) in [6.07, 6.45) is 2.75. The van der Waals surface area contributed by atoms with Crippen molar-refractivity contribution in [3.63, 3.8) is 0 Å². The molecule has 0 bridgehead atoms. The van der Waals surface area contributed by atoms with Crippen LogP contribution in [0, 0.1) is 0 Å². The minimum Gasteiger partial charge on any atom is -0.374 e. The topological polar surface area (TPSA) is 73.5 Å². The number of anilines is 1. The first-order valence-electron chi connectivity index (χ1n) is 9.32. The van der Waals surface area contributed by atoms with E-state index in [4.69, 9.17) is 4.98 Å². The van der Waals surface area contributed by atoms with Crippen molar-refractivity contribution < 1.29 is 0 Å². The normalized spacial score (nSPS) is 11.3. The van der Waals surface area contributed by atoms with Crippen LogP contribution in [0.1, 0.15) is 5.69 Å². The number of fused-ring (bicyclic) bond motifs is 2. The van der Waals surface area contributed by atoms with Crippen molar-refractivity contribution in [2.45, 2.75) is 6.42 Å². The van der Waals surface area contributed by atoms with Gasteiger partial charge in [-0.25, -0.2) is 4.98 Å². The maximum Gasteiger partial charge on any atom is 0.159 e. The Morgan fingerprint density at radius 1 is 0.964 bits per heavy atom. The first kappa shape index (κ1) is 16.5. The number of likely N-dealkylation sites (N-methyl/N-ethyl adjacent to an activating group) is 1. The molecule has 0 radical (unpaired) electrons. The van der Waals surface area contributed by atoms with Crippen LogP contribution in [0.5, 0.6) is 0 Å². The molecule has 0 unspecified atom stereocenters. The zero-order chi connectivity index (χ0) is 18.9. The summed E-state index contributed by atoms with van der Waals surface area (Å²) >= 11 is 0. The maximum atomic E-state index is 4.73. The summed E-state index contributed by atoms with van der Waals surface area (Å²) < 4.78 is 0. The Labute approximate surface area is 162 Å². The number of aromatic amines is 2. The number of nitrogens with zero attached hydrogens (tertiary/aromatic N) is 4. The highest BCUT2D eigenvalue weighted by molar-refractivity contribution is 5.93. The maximum absolute atomic E-state index is 4.73. The first-order chi connectivity index (χ1) is 13.8. The van der Waals surface area contributed by atoms with Gasteiger partial charge in [0, 0.05) is 43.0 Å². The van der Waals surface area contributed by atoms with Gasteiger partial charge < -0.3 is 9.88 Å². The third-order valence-corrected chi connectivity index (χ3v) is 5.03. The summed E-state index contributed by atoms with van der Waals surface area (Å²) in [5.41, 5.74) is 6.04. The Kier molecular flexibility index (Phi) is 4.01. The average Bonchev–Trinajstić information content (AvgIpc) is 3.36. The molecular weight excluding hydrogens is 348 g/mol. The number of hydrogen-bond acceptors (Lipinski definition) is 4. The molecule has 0 saturated carbocycles. The molecule has 0 aliphatic heterocycles. The highest BCUT2D eigenvalue weighted by atomic mass is 15.1. The third kappa shape index (κ3) is 2.99. The van der Waals surface area contributed by atoms with Crippen LogP contribution in [0.2, 0.25) is 0 Å². The summed E-state index contributed by atoms with van der Waals surface area (Å²) in [4.78, 5) is 14.8. The monoisotopic (exact) mass is 368 g/mol. The second-order valence-electron chi connectivity index (χ2n) is 6.90. The van der Waals surface area contributed by atoms with Crippen LogP contribution in [-0.4, -0.2) is 38.7 Å². The number of aromatic nitrogens is 5. The lowest BCUT2D eigenvalue weighted by molar-refractivity contribution is 0.853. The summed E-state index contributed by atoms with van der Waals surface area (Å²) in [6.45, 7) is 0.896. The van der Waals surface area contributed by atoms with Crippen LogP contribution >= 0.6 is 0 Å². The molecule has 2 N–H and O–H groups in total. The summed E-state index contributed by atoms with van der Waals surface area (Å²) in [6, 6.07) is 20.4. The largest absolute Gasteiger partial charge is 0.374 e. The van der Waals surface area contributed by atoms with Gasteiger partial charge in [-0.05, 0) is 36.4 Å². The minimum absolute atomic E-state index is 0.778. The summed E-state index contributed by atoms with van der Waals surface area (Å²) in [5.74, 6) is 0.778. The fourth-order valence-corrected chi connectivity index (χ4v) is 3.45. The first-order valence-corrected chi connectivity index (χ1v) is 9.32. The fourth-order valence-electron chi connectivity index (χ4n) is 3.45. The van der Waals surface area contributed by atoms with Crippen LogP contribution in [-0.2, 0) is 6.42 Å². The number of H-pyrrole nitrogens is 2. The van der Waals surface area contributed by atoms with Crippen LogP contribution in [0.3, 0.4) is 0 Å². The van der Waals surface area contributed by atoms with Gasteiger partial charge in [-0.2, -0.15) is 5.10 Å². The van der Waals surface area contributed by atoms with Crippen LogP contribution in [0.4, 0.5) is 5.69 Å². The molecule has 0 aliphatic carbocycles. The predicted molar refractivity (Wildman–Crippen MR) is 112 cm³/mol. The van der Waals surface area contributed by atoms with E-state index < -0.39 is 0 Å². The van der Waals surface area contributed by atoms with Gasteiger partial charge in [-0.15, -0.1) is 0 Å². The SMILES string of the molecule is CN(CCc1ccccn1)c1ccc2nc(-c3n[nH]c4ccccc34)[nH]c2c1. The molecule has 0 atom stereocenters. The highest BCUT2D eigenvalue weighted by Gasteiger charge is 2.13. The van der Waals surface area contributed by atoms with Crippen molar-refractivity contribution in [3.8, 4) is 11.5 Å². The van der Waals surface area contributed by atoms with Crippen molar-refractivity contribution in [2.24, 2.45) is 0 Å². The molecule has 2 aromatic carbocycles. The lowest BCUT2D eigenvalue weighted by Gasteiger charge is -2.19. The predicted octanol–water partition coefficient (Wildman–Crippen LogP) is 4.18. The Bertz CT molecular complexity index is 1240. The second kappa shape index (κ2) is 6.81. The van der Waals surface area contributed by atoms with Gasteiger partial charge in [-0.1, -0.05) is 24.3 Å². The molecule has 3 heterocycles. The molecular formula is C22H20N6. The molecule has 0 spiro atoms. The molecule has 5 aromatic rings. The van der Waals surface area contributed by atoms with Gasteiger partial charge in [-0.3, -0.25) is 10.1 Å². The molecule has 6 heteroatoms. The van der Waals surface area contributed by atoms with Gasteiger partial charge in [0.2, 0.25) is 0 Å². The fraction of sp³-hybridized carbons (Fsp3) is 0.136. The number of hydrogen-bond donors (Lipinski definition) is 2. The average molecular weight is 368 g/mol. The number of nitrogens with one attached hydrogen (secondary N) is 2. The number of imidazole rings is 1. The van der Waals surface area contributed by atoms with Gasteiger partial charge >= 0.3 is 0 Å². The summed E-state index contributed by atoms with van der Waals surface area (Å²) in [5, 5.41) is 8.58. The second-order valence-corrected chi connectivity index (χ2v) is 6.90. The molecule has 0 amide bonds. The van der Waals surface area contributed by atoms with Crippen LogP contribution < -0.4 is 4.90 Å². The minimum atomic E-state index is 0.778. The Hall–Kier alpha value is -3.67. The number of para-hydroxylation sites is 1. The Balaban J connectivity index is 1.42. The van der Waals surface area contributed by atoms with E-state index in [1.54, 1.807) is 0 Å². The Morgan fingerprint density at radius 3 is 2.75 bits per heavy atom. The van der Waals surface area contributed by atoms with Gasteiger partial charge in [0.15, 0.2) is 5.82 Å². The van der Waals surface area contributed by atoms with Crippen molar-refractivity contribution in [1.82, 2.24) is 25.1 Å². The van der Waals surface area contributed by atoms with E-state index in [9.17, 15) is 0 Å². The zero-order valence-electron chi connectivity index (χ0n) is 15.6. The van der Waals surface area contributed by atoms with E-state index in [1.165, 1.54) is 0 Å². The van der Waals surface area contributed by atoms with E-state index >= 15 is 0 Å². The van der Waals surface area contributed by atoms with Crippen LogP contribution in [0.15, 0.2) is 66.9 Å². The highest BCUT2D eigenvalue weighted by Crippen LogP contribution is 2.27. The number of pyridine rings is 1. The standard InChI is InChI=1S/C22H20N6/c1-28(13-11-15-6-4-5-12-23-15)16-9-10-19-20(14-16)25-22(24-19)21-17-7-2-3-8-18(17)26-27-21/h2-10,12,14H,11,13H2,1H3,(H,24,25)(H,26,27). The quantitative estimate of drug-likeness (QED) is 0.488. The van der Waals surface area contributed by atoms with E-state index in [-0.39, 0.29) is 0 Å². The van der Waals surface area contributed by atoms with Crippen molar-refractivity contribution >= 4 is 27.6 Å². The number of benzene rings is 2. The van der Waals surface area contributed by atoms with Crippen molar-refractivity contribution in [3.05, 3.63) is 72.6 Å². The molecule has 3 aromatic heterocycles. The van der Waals surface area contributed by atoms with E-state index in [1.807, 2.05) is 36.5 Å². The molecule has 138 valence electrons. The van der Waals surface area contributed by atoms with Crippen molar-refractivity contribution in [1.29, 1.82) is 0 Å². The summed E-state index contributed by atoms with van der Waals surface area (Å²) in [7, 11) is 2.10. The molecule has 0 aliphatic rings. The van der Waals surface area contributed by atoms with Crippen LogP contribution in [0.25, 0.3) is 33.5 Å². The zero-order valence-corrected chi connectivity index (χ0v) is 15.6. The molecule has 0 saturated heterocycles. The molecule has 5 rings (SSSR count). The molecule has 6 nitrogen and oxygen atoms in total. The third-order valence-electron chi connectivity index (χ3n) is 5.03. The molecule has 28 heavy (non-hydrogen) atoms. The van der Waals surface area contributed by atoms with E-state index in [0.717, 1.165) is 57.8 Å².